The predicted octanol–water partition coefficient (Wildman–Crippen LogP) is 6.33. The Bertz CT molecular complexity index is 732. The molecule has 24 heavy (non-hydrogen) atoms. The molecule has 2 aromatic carbocycles. The Morgan fingerprint density at radius 1 is 0.542 bits per heavy atom. The third-order valence-electron chi connectivity index (χ3n) is 4.97. The molecule has 0 saturated heterocycles. The minimum atomic E-state index is 0.362. The van der Waals surface area contributed by atoms with Gasteiger partial charge in [-0.2, -0.15) is 0 Å². The van der Waals surface area contributed by atoms with E-state index in [1.807, 2.05) is 0 Å². The van der Waals surface area contributed by atoms with Crippen molar-refractivity contribution in [2.24, 2.45) is 0 Å². The molecule has 2 aliphatic carbocycles. The lowest BCUT2D eigenvalue weighted by Gasteiger charge is -2.30. The van der Waals surface area contributed by atoms with Crippen molar-refractivity contribution < 1.29 is 0 Å². The summed E-state index contributed by atoms with van der Waals surface area (Å²) in [6.45, 7) is 0. The molecule has 0 bridgehead atoms. The molecule has 0 saturated carbocycles. The van der Waals surface area contributed by atoms with Crippen LogP contribution in [0.5, 0.6) is 0 Å². The Kier molecular flexibility index (Phi) is 4.29. The summed E-state index contributed by atoms with van der Waals surface area (Å²) in [5, 5.41) is 0. The molecule has 0 fully saturated rings. The minimum Gasteiger partial charge on any atom is -0.0804 e. The number of hydrogen-bond acceptors (Lipinski definition) is 0. The molecule has 2 aliphatic rings. The van der Waals surface area contributed by atoms with E-state index in [1.165, 1.54) is 22.3 Å². The van der Waals surface area contributed by atoms with Gasteiger partial charge in [-0.25, -0.2) is 0 Å². The molecule has 2 unspecified atom stereocenters. The lowest BCUT2D eigenvalue weighted by Crippen LogP contribution is -2.14. The van der Waals surface area contributed by atoms with E-state index in [4.69, 9.17) is 0 Å². The van der Waals surface area contributed by atoms with Crippen molar-refractivity contribution >= 4 is 0 Å². The van der Waals surface area contributed by atoms with E-state index in [1.54, 1.807) is 0 Å². The highest BCUT2D eigenvalue weighted by molar-refractivity contribution is 5.49. The summed E-state index contributed by atoms with van der Waals surface area (Å²) in [4.78, 5) is 0. The summed E-state index contributed by atoms with van der Waals surface area (Å²) >= 11 is 0. The summed E-state index contributed by atoms with van der Waals surface area (Å²) in [6, 6.07) is 21.9. The van der Waals surface area contributed by atoms with E-state index in [9.17, 15) is 0 Å². The topological polar surface area (TPSA) is 0 Å². The van der Waals surface area contributed by atoms with Gasteiger partial charge in [0.2, 0.25) is 0 Å². The Balaban J connectivity index is 1.86. The van der Waals surface area contributed by atoms with Gasteiger partial charge in [0.05, 0.1) is 0 Å². The Hall–Kier alpha value is -2.60. The maximum absolute atomic E-state index is 2.38. The van der Waals surface area contributed by atoms with Crippen molar-refractivity contribution in [2.75, 3.05) is 0 Å². The summed E-state index contributed by atoms with van der Waals surface area (Å²) in [5.74, 6) is 0.725. The number of allylic oxidation sites excluding steroid dienone is 8. The maximum atomic E-state index is 2.38. The largest absolute Gasteiger partial charge is 0.0804 e. The zero-order chi connectivity index (χ0) is 16.2. The molecule has 0 N–H and O–H groups in total. The molecule has 2 atom stereocenters. The van der Waals surface area contributed by atoms with Gasteiger partial charge in [-0.3, -0.25) is 0 Å². The molecule has 0 aliphatic heterocycles. The van der Waals surface area contributed by atoms with Crippen molar-refractivity contribution in [3.05, 3.63) is 119 Å². The third kappa shape index (κ3) is 2.92. The van der Waals surface area contributed by atoms with Crippen molar-refractivity contribution in [1.29, 1.82) is 0 Å². The third-order valence-corrected chi connectivity index (χ3v) is 4.97. The normalized spacial score (nSPS) is 18.3. The molecule has 0 amide bonds. The van der Waals surface area contributed by atoms with Crippen LogP contribution in [-0.4, -0.2) is 0 Å². The first-order chi connectivity index (χ1) is 11.9. The van der Waals surface area contributed by atoms with E-state index < -0.39 is 0 Å². The van der Waals surface area contributed by atoms with E-state index >= 15 is 0 Å². The van der Waals surface area contributed by atoms with Gasteiger partial charge in [-0.15, -0.1) is 0 Å². The van der Waals surface area contributed by atoms with Gasteiger partial charge in [-0.1, -0.05) is 97.1 Å². The van der Waals surface area contributed by atoms with Crippen LogP contribution in [0.1, 0.15) is 35.8 Å². The predicted molar refractivity (Wildman–Crippen MR) is 102 cm³/mol. The monoisotopic (exact) mass is 310 g/mol. The van der Waals surface area contributed by atoms with Crippen molar-refractivity contribution in [3.63, 3.8) is 0 Å². The van der Waals surface area contributed by atoms with Gasteiger partial charge in [0.25, 0.3) is 0 Å². The van der Waals surface area contributed by atoms with Crippen LogP contribution in [0.4, 0.5) is 0 Å². The second-order valence-corrected chi connectivity index (χ2v) is 6.46. The summed E-state index contributed by atoms with van der Waals surface area (Å²) in [6.07, 6.45) is 16.0. The fourth-order valence-corrected chi connectivity index (χ4v) is 3.89. The van der Waals surface area contributed by atoms with Crippen LogP contribution in [0, 0.1) is 0 Å². The molecule has 0 nitrogen and oxygen atoms in total. The van der Waals surface area contributed by atoms with Crippen molar-refractivity contribution in [3.8, 4) is 0 Å². The smallest absolute Gasteiger partial charge is 0.0195 e. The van der Waals surface area contributed by atoms with Crippen LogP contribution < -0.4 is 0 Å². The second-order valence-electron chi connectivity index (χ2n) is 6.46. The molecule has 0 radical (unpaired) electrons. The van der Waals surface area contributed by atoms with Crippen LogP contribution in [0.15, 0.2) is 108 Å². The highest BCUT2D eigenvalue weighted by Gasteiger charge is 2.30. The molecular weight excluding hydrogens is 288 g/mol. The van der Waals surface area contributed by atoms with Crippen LogP contribution >= 0.6 is 0 Å². The van der Waals surface area contributed by atoms with Crippen LogP contribution in [0.25, 0.3) is 0 Å². The average Bonchev–Trinajstić information content (AvgIpc) is 3.35. The summed E-state index contributed by atoms with van der Waals surface area (Å²) in [5.41, 5.74) is 5.67. The number of hydrogen-bond donors (Lipinski definition) is 0. The zero-order valence-corrected chi connectivity index (χ0v) is 13.8. The van der Waals surface area contributed by atoms with E-state index in [2.05, 4.69) is 97.1 Å². The zero-order valence-electron chi connectivity index (χ0n) is 13.8. The lowest BCUT2D eigenvalue weighted by molar-refractivity contribution is 0.693. The van der Waals surface area contributed by atoms with Crippen molar-refractivity contribution in [1.82, 2.24) is 0 Å². The molecule has 0 heteroatoms. The first-order valence-electron chi connectivity index (χ1n) is 8.76. The molecule has 0 aromatic heterocycles. The fourth-order valence-electron chi connectivity index (χ4n) is 3.89. The van der Waals surface area contributed by atoms with E-state index in [0.717, 1.165) is 12.8 Å². The van der Waals surface area contributed by atoms with Gasteiger partial charge in [0.15, 0.2) is 0 Å². The highest BCUT2D eigenvalue weighted by Crippen LogP contribution is 2.45. The Morgan fingerprint density at radius 3 is 1.29 bits per heavy atom. The highest BCUT2D eigenvalue weighted by atomic mass is 14.3. The first-order valence-corrected chi connectivity index (χ1v) is 8.76. The fraction of sp³-hybridized carbons (Fsp3) is 0.167. The van der Waals surface area contributed by atoms with Crippen LogP contribution in [0.3, 0.4) is 0 Å². The SMILES string of the molecule is C1=CC(C(c2ccccc2)C(C2=CCC=C2)c2ccccc2)=CC1. The molecule has 0 spiro atoms. The van der Waals surface area contributed by atoms with Gasteiger partial charge >= 0.3 is 0 Å². The Morgan fingerprint density at radius 2 is 0.958 bits per heavy atom. The molecule has 2 aromatic rings. The van der Waals surface area contributed by atoms with Gasteiger partial charge in [0, 0.05) is 11.8 Å². The van der Waals surface area contributed by atoms with Crippen LogP contribution in [-0.2, 0) is 0 Å². The molecular formula is C24H22. The molecule has 118 valence electrons. The lowest BCUT2D eigenvalue weighted by atomic mass is 9.73. The number of rotatable bonds is 5. The summed E-state index contributed by atoms with van der Waals surface area (Å²) < 4.78 is 0. The standard InChI is InChI=1S/C24H22/c1-3-11-19(12-4-1)23(21-15-7-8-16-21)24(22-17-9-10-18-22)20-13-5-2-6-14-20/h1-7,9,11-18,23-24H,8,10H2. The maximum Gasteiger partial charge on any atom is 0.0195 e. The summed E-state index contributed by atoms with van der Waals surface area (Å²) in [7, 11) is 0. The number of benzene rings is 2. The Labute approximate surface area is 144 Å². The van der Waals surface area contributed by atoms with Gasteiger partial charge in [-0.05, 0) is 35.1 Å². The van der Waals surface area contributed by atoms with Gasteiger partial charge in [0.1, 0.15) is 0 Å². The quantitative estimate of drug-likeness (QED) is 0.605. The van der Waals surface area contributed by atoms with Crippen molar-refractivity contribution in [2.45, 2.75) is 24.7 Å². The minimum absolute atomic E-state index is 0.362. The first kappa shape index (κ1) is 15.0. The average molecular weight is 310 g/mol. The molecule has 4 rings (SSSR count). The van der Waals surface area contributed by atoms with E-state index in [0.29, 0.717) is 11.8 Å². The van der Waals surface area contributed by atoms with E-state index in [-0.39, 0.29) is 0 Å². The van der Waals surface area contributed by atoms with Gasteiger partial charge < -0.3 is 0 Å². The second kappa shape index (κ2) is 6.88. The molecule has 0 heterocycles. The van der Waals surface area contributed by atoms with Crippen LogP contribution in [0.2, 0.25) is 0 Å².